The SMILES string of the molecule is COc1ncc(NC(=O)Cn2cccc2)cn1. The lowest BCUT2D eigenvalue weighted by atomic mass is 10.5. The molecule has 88 valence electrons. The number of rotatable bonds is 4. The average molecular weight is 232 g/mol. The Hall–Kier alpha value is -2.37. The summed E-state index contributed by atoms with van der Waals surface area (Å²) in [5.41, 5.74) is 0.544. The summed E-state index contributed by atoms with van der Waals surface area (Å²) in [5, 5.41) is 2.69. The van der Waals surface area contributed by atoms with E-state index in [4.69, 9.17) is 4.74 Å². The van der Waals surface area contributed by atoms with Gasteiger partial charge in [-0.15, -0.1) is 0 Å². The van der Waals surface area contributed by atoms with Crippen LogP contribution in [0, 0.1) is 0 Å². The fourth-order valence-electron chi connectivity index (χ4n) is 1.33. The van der Waals surface area contributed by atoms with Crippen LogP contribution in [-0.4, -0.2) is 27.6 Å². The lowest BCUT2D eigenvalue weighted by molar-refractivity contribution is -0.116. The first-order valence-corrected chi connectivity index (χ1v) is 5.04. The highest BCUT2D eigenvalue weighted by Gasteiger charge is 2.03. The van der Waals surface area contributed by atoms with Crippen molar-refractivity contribution in [3.63, 3.8) is 0 Å². The van der Waals surface area contributed by atoms with Gasteiger partial charge in [0.2, 0.25) is 5.91 Å². The highest BCUT2D eigenvalue weighted by atomic mass is 16.5. The number of aromatic nitrogens is 3. The normalized spacial score (nSPS) is 9.94. The zero-order valence-electron chi connectivity index (χ0n) is 9.33. The van der Waals surface area contributed by atoms with Crippen molar-refractivity contribution in [3.8, 4) is 6.01 Å². The first-order chi connectivity index (χ1) is 8.28. The summed E-state index contributed by atoms with van der Waals surface area (Å²) < 4.78 is 6.60. The van der Waals surface area contributed by atoms with Crippen LogP contribution in [0.15, 0.2) is 36.9 Å². The molecule has 0 radical (unpaired) electrons. The summed E-state index contributed by atoms with van der Waals surface area (Å²) in [6.07, 6.45) is 6.65. The van der Waals surface area contributed by atoms with E-state index in [0.29, 0.717) is 5.69 Å². The number of anilines is 1. The minimum atomic E-state index is -0.130. The van der Waals surface area contributed by atoms with Crippen LogP contribution >= 0.6 is 0 Å². The summed E-state index contributed by atoms with van der Waals surface area (Å²) in [6.45, 7) is 0.263. The molecule has 6 heteroatoms. The Bertz CT molecular complexity index is 479. The predicted molar refractivity (Wildman–Crippen MR) is 61.6 cm³/mol. The highest BCUT2D eigenvalue weighted by molar-refractivity contribution is 5.90. The summed E-state index contributed by atoms with van der Waals surface area (Å²) >= 11 is 0. The highest BCUT2D eigenvalue weighted by Crippen LogP contribution is 2.06. The summed E-state index contributed by atoms with van der Waals surface area (Å²) in [4.78, 5) is 19.4. The molecule has 0 saturated heterocycles. The van der Waals surface area contributed by atoms with Crippen LogP contribution in [0.1, 0.15) is 0 Å². The molecule has 2 rings (SSSR count). The molecule has 0 unspecified atom stereocenters. The van der Waals surface area contributed by atoms with Crippen molar-refractivity contribution in [2.45, 2.75) is 6.54 Å². The van der Waals surface area contributed by atoms with Gasteiger partial charge in [-0.3, -0.25) is 4.79 Å². The van der Waals surface area contributed by atoms with Crippen molar-refractivity contribution < 1.29 is 9.53 Å². The third-order valence-corrected chi connectivity index (χ3v) is 2.09. The minimum absolute atomic E-state index is 0.130. The molecule has 0 aliphatic rings. The molecule has 0 fully saturated rings. The van der Waals surface area contributed by atoms with Crippen LogP contribution in [0.25, 0.3) is 0 Å². The van der Waals surface area contributed by atoms with Gasteiger partial charge in [0, 0.05) is 12.4 Å². The van der Waals surface area contributed by atoms with E-state index in [1.54, 1.807) is 4.57 Å². The zero-order valence-corrected chi connectivity index (χ0v) is 9.33. The van der Waals surface area contributed by atoms with E-state index in [1.165, 1.54) is 19.5 Å². The quantitative estimate of drug-likeness (QED) is 0.851. The van der Waals surface area contributed by atoms with E-state index >= 15 is 0 Å². The molecule has 6 nitrogen and oxygen atoms in total. The van der Waals surface area contributed by atoms with Crippen LogP contribution in [0.3, 0.4) is 0 Å². The Morgan fingerprint density at radius 2 is 2.00 bits per heavy atom. The molecule has 0 spiro atoms. The molecule has 0 bridgehead atoms. The third kappa shape index (κ3) is 3.04. The van der Waals surface area contributed by atoms with E-state index in [0.717, 1.165) is 0 Å². The fourth-order valence-corrected chi connectivity index (χ4v) is 1.33. The van der Waals surface area contributed by atoms with E-state index in [-0.39, 0.29) is 18.5 Å². The molecule has 0 atom stereocenters. The number of carbonyl (C=O) groups is 1. The minimum Gasteiger partial charge on any atom is -0.467 e. The van der Waals surface area contributed by atoms with E-state index < -0.39 is 0 Å². The first-order valence-electron chi connectivity index (χ1n) is 5.04. The number of methoxy groups -OCH3 is 1. The monoisotopic (exact) mass is 232 g/mol. The van der Waals surface area contributed by atoms with Gasteiger partial charge >= 0.3 is 6.01 Å². The second-order valence-corrected chi connectivity index (χ2v) is 3.36. The van der Waals surface area contributed by atoms with E-state index in [2.05, 4.69) is 15.3 Å². The molecule has 1 amide bonds. The van der Waals surface area contributed by atoms with Crippen LogP contribution in [0.5, 0.6) is 6.01 Å². The van der Waals surface area contributed by atoms with Gasteiger partial charge in [0.05, 0.1) is 25.2 Å². The van der Waals surface area contributed by atoms with Crippen molar-refractivity contribution >= 4 is 11.6 Å². The van der Waals surface area contributed by atoms with Crippen molar-refractivity contribution in [1.82, 2.24) is 14.5 Å². The number of hydrogen-bond donors (Lipinski definition) is 1. The molecule has 0 aromatic carbocycles. The number of nitrogens with zero attached hydrogens (tertiary/aromatic N) is 3. The zero-order chi connectivity index (χ0) is 12.1. The van der Waals surface area contributed by atoms with Crippen LogP contribution in [0.4, 0.5) is 5.69 Å². The fraction of sp³-hybridized carbons (Fsp3) is 0.182. The molecule has 0 saturated carbocycles. The smallest absolute Gasteiger partial charge is 0.316 e. The van der Waals surface area contributed by atoms with E-state index in [1.807, 2.05) is 24.5 Å². The van der Waals surface area contributed by atoms with Gasteiger partial charge in [-0.05, 0) is 12.1 Å². The molecule has 0 aliphatic heterocycles. The maximum atomic E-state index is 11.6. The first kappa shape index (κ1) is 11.1. The standard InChI is InChI=1S/C11H12N4O2/c1-17-11-12-6-9(7-13-11)14-10(16)8-15-4-2-3-5-15/h2-7H,8H2,1H3,(H,14,16). The van der Waals surface area contributed by atoms with Gasteiger partial charge in [-0.25, -0.2) is 9.97 Å². The lowest BCUT2D eigenvalue weighted by Crippen LogP contribution is -2.18. The number of carbonyl (C=O) groups excluding carboxylic acids is 1. The maximum Gasteiger partial charge on any atom is 0.316 e. The Morgan fingerprint density at radius 3 is 2.59 bits per heavy atom. The summed E-state index contributed by atoms with van der Waals surface area (Å²) in [6, 6.07) is 4.00. The Labute approximate surface area is 98.3 Å². The molecule has 17 heavy (non-hydrogen) atoms. The van der Waals surface area contributed by atoms with Crippen molar-refractivity contribution in [3.05, 3.63) is 36.9 Å². The Morgan fingerprint density at radius 1 is 1.35 bits per heavy atom. The number of hydrogen-bond acceptors (Lipinski definition) is 4. The van der Waals surface area contributed by atoms with Crippen LogP contribution in [-0.2, 0) is 11.3 Å². The van der Waals surface area contributed by atoms with Gasteiger partial charge in [-0.2, -0.15) is 0 Å². The van der Waals surface area contributed by atoms with Crippen molar-refractivity contribution in [2.24, 2.45) is 0 Å². The number of amides is 1. The van der Waals surface area contributed by atoms with Gasteiger partial charge in [0.1, 0.15) is 6.54 Å². The predicted octanol–water partition coefficient (Wildman–Crippen LogP) is 0.925. The van der Waals surface area contributed by atoms with Gasteiger partial charge < -0.3 is 14.6 Å². The molecular formula is C11H12N4O2. The number of nitrogens with one attached hydrogen (secondary N) is 1. The largest absolute Gasteiger partial charge is 0.467 e. The topological polar surface area (TPSA) is 69.0 Å². The summed E-state index contributed by atoms with van der Waals surface area (Å²) in [7, 11) is 1.49. The van der Waals surface area contributed by atoms with Crippen LogP contribution in [0.2, 0.25) is 0 Å². The summed E-state index contributed by atoms with van der Waals surface area (Å²) in [5.74, 6) is -0.130. The van der Waals surface area contributed by atoms with Gasteiger partial charge in [0.15, 0.2) is 0 Å². The lowest BCUT2D eigenvalue weighted by Gasteiger charge is -2.05. The molecule has 2 aromatic heterocycles. The molecule has 0 aliphatic carbocycles. The van der Waals surface area contributed by atoms with Gasteiger partial charge in [-0.1, -0.05) is 0 Å². The van der Waals surface area contributed by atoms with E-state index in [9.17, 15) is 4.79 Å². The third-order valence-electron chi connectivity index (χ3n) is 2.09. The number of ether oxygens (including phenoxy) is 1. The second kappa shape index (κ2) is 5.11. The maximum absolute atomic E-state index is 11.6. The Kier molecular flexibility index (Phi) is 3.34. The molecule has 1 N–H and O–H groups in total. The van der Waals surface area contributed by atoms with Crippen molar-refractivity contribution in [2.75, 3.05) is 12.4 Å². The molecular weight excluding hydrogens is 220 g/mol. The molecule has 2 heterocycles. The van der Waals surface area contributed by atoms with Gasteiger partial charge in [0.25, 0.3) is 0 Å². The molecule has 2 aromatic rings. The van der Waals surface area contributed by atoms with Crippen LogP contribution < -0.4 is 10.1 Å². The Balaban J connectivity index is 1.93. The average Bonchev–Trinajstić information content (AvgIpc) is 2.82. The second-order valence-electron chi connectivity index (χ2n) is 3.36. The van der Waals surface area contributed by atoms with Crippen molar-refractivity contribution in [1.29, 1.82) is 0 Å².